The van der Waals surface area contributed by atoms with Crippen molar-refractivity contribution in [2.45, 2.75) is 4.34 Å². The Labute approximate surface area is 202 Å². The Morgan fingerprint density at radius 3 is 2.35 bits per heavy atom. The summed E-state index contributed by atoms with van der Waals surface area (Å²) in [5.41, 5.74) is 5.09. The van der Waals surface area contributed by atoms with Crippen LogP contribution in [-0.4, -0.2) is 27.8 Å². The molecule has 0 aliphatic carbocycles. The van der Waals surface area contributed by atoms with E-state index in [2.05, 4.69) is 26.4 Å². The van der Waals surface area contributed by atoms with Crippen LogP contribution < -0.4 is 20.9 Å². The highest BCUT2D eigenvalue weighted by Crippen LogP contribution is 2.29. The zero-order valence-electron chi connectivity index (χ0n) is 17.5. The summed E-state index contributed by atoms with van der Waals surface area (Å²) in [5.74, 6) is -0.413. The third-order valence-corrected chi connectivity index (χ3v) is 6.22. The molecule has 11 heteroatoms. The standard InChI is InChI=1S/C23H18FN5O3S2/c24-19-9-5-4-8-18(19)21(31)27-26-20(30)14-33-23-29-28-22(34-23)25-15-10-12-17(13-11-15)32-16-6-2-1-3-7-16/h1-13H,14H2,(H,25,28)(H,26,30)(H,27,31). The summed E-state index contributed by atoms with van der Waals surface area (Å²) in [5, 5.41) is 11.8. The number of ether oxygens (including phenoxy) is 1. The summed E-state index contributed by atoms with van der Waals surface area (Å²) in [6, 6.07) is 22.4. The molecule has 0 unspecified atom stereocenters. The Balaban J connectivity index is 1.22. The number of hydrogen-bond donors (Lipinski definition) is 3. The lowest BCUT2D eigenvalue weighted by molar-refractivity contribution is -0.119. The number of benzene rings is 3. The molecule has 0 fully saturated rings. The van der Waals surface area contributed by atoms with Gasteiger partial charge in [-0.25, -0.2) is 4.39 Å². The molecule has 0 saturated carbocycles. The van der Waals surface area contributed by atoms with Crippen LogP contribution in [0.25, 0.3) is 0 Å². The minimum Gasteiger partial charge on any atom is -0.457 e. The average Bonchev–Trinajstić information content (AvgIpc) is 3.30. The summed E-state index contributed by atoms with van der Waals surface area (Å²) < 4.78 is 19.9. The topological polar surface area (TPSA) is 105 Å². The van der Waals surface area contributed by atoms with Crippen LogP contribution in [0.2, 0.25) is 0 Å². The largest absolute Gasteiger partial charge is 0.457 e. The van der Waals surface area contributed by atoms with Crippen LogP contribution in [0.15, 0.2) is 83.2 Å². The van der Waals surface area contributed by atoms with Crippen LogP contribution in [0.1, 0.15) is 10.4 Å². The first kappa shape index (κ1) is 23.2. The van der Waals surface area contributed by atoms with E-state index < -0.39 is 17.6 Å². The highest BCUT2D eigenvalue weighted by molar-refractivity contribution is 8.01. The number of hydrogen-bond acceptors (Lipinski definition) is 8. The fourth-order valence-electron chi connectivity index (χ4n) is 2.68. The van der Waals surface area contributed by atoms with Crippen LogP contribution in [0.5, 0.6) is 11.5 Å². The molecule has 0 aliphatic heterocycles. The van der Waals surface area contributed by atoms with Crippen molar-refractivity contribution >= 4 is 45.7 Å². The van der Waals surface area contributed by atoms with Crippen molar-refractivity contribution in [2.24, 2.45) is 0 Å². The van der Waals surface area contributed by atoms with Crippen LogP contribution in [0.4, 0.5) is 15.2 Å². The number of nitrogens with zero attached hydrogens (tertiary/aromatic N) is 2. The van der Waals surface area contributed by atoms with E-state index in [9.17, 15) is 14.0 Å². The average molecular weight is 496 g/mol. The fourth-order valence-corrected chi connectivity index (χ4v) is 4.25. The monoisotopic (exact) mass is 495 g/mol. The van der Waals surface area contributed by atoms with E-state index in [4.69, 9.17) is 4.74 Å². The van der Waals surface area contributed by atoms with Gasteiger partial charge in [-0.3, -0.25) is 20.4 Å². The van der Waals surface area contributed by atoms with Gasteiger partial charge >= 0.3 is 0 Å². The van der Waals surface area contributed by atoms with Gasteiger partial charge in [0, 0.05) is 5.69 Å². The number of carbonyl (C=O) groups excluding carboxylic acids is 2. The first-order valence-electron chi connectivity index (χ1n) is 9.97. The van der Waals surface area contributed by atoms with Crippen LogP contribution in [-0.2, 0) is 4.79 Å². The van der Waals surface area contributed by atoms with Crippen LogP contribution in [0, 0.1) is 5.82 Å². The number of rotatable bonds is 8. The number of anilines is 2. The Morgan fingerprint density at radius 1 is 0.882 bits per heavy atom. The SMILES string of the molecule is O=C(CSc1nnc(Nc2ccc(Oc3ccccc3)cc2)s1)NNC(=O)c1ccccc1F. The normalized spacial score (nSPS) is 10.4. The Kier molecular flexibility index (Phi) is 7.68. The minimum absolute atomic E-state index is 0.00227. The summed E-state index contributed by atoms with van der Waals surface area (Å²) in [6.45, 7) is 0. The number of para-hydroxylation sites is 1. The molecular formula is C23H18FN5O3S2. The van der Waals surface area contributed by atoms with Gasteiger partial charge in [0.1, 0.15) is 17.3 Å². The molecule has 0 atom stereocenters. The molecular weight excluding hydrogens is 477 g/mol. The maximum Gasteiger partial charge on any atom is 0.272 e. The van der Waals surface area contributed by atoms with Crippen molar-refractivity contribution < 1.29 is 18.7 Å². The molecule has 4 rings (SSSR count). The first-order chi connectivity index (χ1) is 16.6. The summed E-state index contributed by atoms with van der Waals surface area (Å²) in [4.78, 5) is 23.9. The van der Waals surface area contributed by atoms with Crippen LogP contribution >= 0.6 is 23.1 Å². The number of hydrazine groups is 1. The Hall–Kier alpha value is -3.96. The van der Waals surface area contributed by atoms with Gasteiger partial charge in [0.2, 0.25) is 11.0 Å². The van der Waals surface area contributed by atoms with Gasteiger partial charge in [0.05, 0.1) is 11.3 Å². The molecule has 8 nitrogen and oxygen atoms in total. The molecule has 0 bridgehead atoms. The second-order valence-corrected chi connectivity index (χ2v) is 8.91. The lowest BCUT2D eigenvalue weighted by Crippen LogP contribution is -2.42. The number of amides is 2. The highest BCUT2D eigenvalue weighted by atomic mass is 32.2. The molecule has 0 radical (unpaired) electrons. The molecule has 2 amide bonds. The van der Waals surface area contributed by atoms with E-state index in [1.165, 1.54) is 35.6 Å². The zero-order valence-corrected chi connectivity index (χ0v) is 19.2. The summed E-state index contributed by atoms with van der Waals surface area (Å²) in [7, 11) is 0. The fraction of sp³-hybridized carbons (Fsp3) is 0.0435. The van der Waals surface area contributed by atoms with Crippen molar-refractivity contribution in [1.29, 1.82) is 0 Å². The lowest BCUT2D eigenvalue weighted by atomic mass is 10.2. The van der Waals surface area contributed by atoms with Gasteiger partial charge in [-0.05, 0) is 48.5 Å². The zero-order chi connectivity index (χ0) is 23.8. The maximum absolute atomic E-state index is 13.6. The van der Waals surface area contributed by atoms with Gasteiger partial charge in [-0.15, -0.1) is 10.2 Å². The lowest BCUT2D eigenvalue weighted by Gasteiger charge is -2.07. The number of nitrogens with one attached hydrogen (secondary N) is 3. The third-order valence-electron chi connectivity index (χ3n) is 4.25. The van der Waals surface area contributed by atoms with Crippen molar-refractivity contribution in [3.05, 3.63) is 90.2 Å². The van der Waals surface area contributed by atoms with Gasteiger partial charge in [0.25, 0.3) is 5.91 Å². The van der Waals surface area contributed by atoms with Gasteiger partial charge < -0.3 is 10.1 Å². The number of aromatic nitrogens is 2. The smallest absolute Gasteiger partial charge is 0.272 e. The van der Waals surface area contributed by atoms with E-state index in [0.717, 1.165) is 23.2 Å². The van der Waals surface area contributed by atoms with Crippen molar-refractivity contribution in [2.75, 3.05) is 11.1 Å². The predicted molar refractivity (Wildman–Crippen MR) is 129 cm³/mol. The molecule has 3 N–H and O–H groups in total. The van der Waals surface area contributed by atoms with E-state index >= 15 is 0 Å². The molecule has 0 spiro atoms. The second-order valence-electron chi connectivity index (χ2n) is 6.71. The maximum atomic E-state index is 13.6. The van der Waals surface area contributed by atoms with E-state index in [-0.39, 0.29) is 11.3 Å². The first-order valence-corrected chi connectivity index (χ1v) is 11.8. The third kappa shape index (κ3) is 6.53. The molecule has 1 aromatic heterocycles. The number of carbonyl (C=O) groups is 2. The van der Waals surface area contributed by atoms with E-state index in [0.29, 0.717) is 15.2 Å². The molecule has 4 aromatic rings. The quantitative estimate of drug-likeness (QED) is 0.239. The molecule has 34 heavy (non-hydrogen) atoms. The molecule has 1 heterocycles. The predicted octanol–water partition coefficient (Wildman–Crippen LogP) is 4.77. The summed E-state index contributed by atoms with van der Waals surface area (Å²) >= 11 is 2.44. The highest BCUT2D eigenvalue weighted by Gasteiger charge is 2.13. The number of thioether (sulfide) groups is 1. The van der Waals surface area contributed by atoms with E-state index in [1.54, 1.807) is 0 Å². The van der Waals surface area contributed by atoms with Crippen molar-refractivity contribution in [3.63, 3.8) is 0 Å². The van der Waals surface area contributed by atoms with Crippen molar-refractivity contribution in [1.82, 2.24) is 21.0 Å². The number of halogens is 1. The molecule has 172 valence electrons. The van der Waals surface area contributed by atoms with Gasteiger partial charge in [0.15, 0.2) is 4.34 Å². The minimum atomic E-state index is -0.737. The Morgan fingerprint density at radius 2 is 1.59 bits per heavy atom. The Bertz CT molecular complexity index is 1270. The molecule has 0 aliphatic rings. The molecule has 0 saturated heterocycles. The summed E-state index contributed by atoms with van der Waals surface area (Å²) in [6.07, 6.45) is 0. The van der Waals surface area contributed by atoms with Crippen molar-refractivity contribution in [3.8, 4) is 11.5 Å². The molecule has 3 aromatic carbocycles. The second kappa shape index (κ2) is 11.3. The van der Waals surface area contributed by atoms with Gasteiger partial charge in [-0.1, -0.05) is 53.4 Å². The van der Waals surface area contributed by atoms with E-state index in [1.807, 2.05) is 54.6 Å². The van der Waals surface area contributed by atoms with Gasteiger partial charge in [-0.2, -0.15) is 0 Å². The van der Waals surface area contributed by atoms with Crippen LogP contribution in [0.3, 0.4) is 0 Å².